The molecule has 1 fully saturated rings. The maximum Gasteiger partial charge on any atom is 0.282 e. The SMILES string of the molecule is O=C1NN(c2cccc(Cl)c2)C(=O)/C1=C\c1ccc(-c2ccc3c(c2)C(=O)NC3=O)o1. The van der Waals surface area contributed by atoms with Gasteiger partial charge < -0.3 is 4.42 Å². The van der Waals surface area contributed by atoms with Crippen molar-refractivity contribution in [2.24, 2.45) is 0 Å². The molecule has 0 spiro atoms. The predicted molar refractivity (Wildman–Crippen MR) is 111 cm³/mol. The number of furan rings is 1. The van der Waals surface area contributed by atoms with Crippen LogP contribution in [-0.2, 0) is 9.59 Å². The van der Waals surface area contributed by atoms with Gasteiger partial charge in [0.2, 0.25) is 0 Å². The van der Waals surface area contributed by atoms with Crippen molar-refractivity contribution >= 4 is 47.0 Å². The van der Waals surface area contributed by atoms with Gasteiger partial charge in [0.15, 0.2) is 0 Å². The second-order valence-corrected chi connectivity index (χ2v) is 7.30. The first kappa shape index (κ1) is 18.8. The molecule has 9 heteroatoms. The van der Waals surface area contributed by atoms with E-state index in [4.69, 9.17) is 16.0 Å². The number of fused-ring (bicyclic) bond motifs is 1. The van der Waals surface area contributed by atoms with Gasteiger partial charge in [-0.2, -0.15) is 0 Å². The fourth-order valence-corrected chi connectivity index (χ4v) is 3.59. The number of hydrogen-bond acceptors (Lipinski definition) is 5. The molecule has 0 atom stereocenters. The minimum absolute atomic E-state index is 0.0974. The third-order valence-corrected chi connectivity index (χ3v) is 5.13. The summed E-state index contributed by atoms with van der Waals surface area (Å²) in [5.41, 5.74) is 3.97. The van der Waals surface area contributed by atoms with Crippen molar-refractivity contribution < 1.29 is 23.6 Å². The molecule has 0 aliphatic carbocycles. The molecule has 2 aliphatic heterocycles. The molecule has 2 aromatic carbocycles. The van der Waals surface area contributed by atoms with Crippen molar-refractivity contribution in [3.63, 3.8) is 0 Å². The average Bonchev–Trinajstić information content (AvgIpc) is 3.41. The highest BCUT2D eigenvalue weighted by Crippen LogP contribution is 2.29. The summed E-state index contributed by atoms with van der Waals surface area (Å²) in [7, 11) is 0. The van der Waals surface area contributed by atoms with Crippen molar-refractivity contribution in [1.82, 2.24) is 10.7 Å². The molecule has 4 amide bonds. The Morgan fingerprint density at radius 1 is 0.871 bits per heavy atom. The van der Waals surface area contributed by atoms with Gasteiger partial charge in [-0.25, -0.2) is 5.01 Å². The Bertz CT molecular complexity index is 1340. The fraction of sp³-hybridized carbons (Fsp3) is 0. The van der Waals surface area contributed by atoms with Crippen LogP contribution in [0, 0.1) is 0 Å². The molecule has 1 saturated heterocycles. The molecule has 0 unspecified atom stereocenters. The summed E-state index contributed by atoms with van der Waals surface area (Å²) in [5.74, 6) is -1.33. The Morgan fingerprint density at radius 2 is 1.68 bits per heavy atom. The molecule has 8 nitrogen and oxygen atoms in total. The van der Waals surface area contributed by atoms with E-state index in [1.165, 1.54) is 6.08 Å². The third-order valence-electron chi connectivity index (χ3n) is 4.89. The summed E-state index contributed by atoms with van der Waals surface area (Å²) in [6, 6.07) is 14.5. The lowest BCUT2D eigenvalue weighted by Crippen LogP contribution is -2.35. The van der Waals surface area contributed by atoms with Crippen LogP contribution in [0.3, 0.4) is 0 Å². The molecule has 0 radical (unpaired) electrons. The monoisotopic (exact) mass is 433 g/mol. The molecular formula is C22H12ClN3O5. The van der Waals surface area contributed by atoms with Crippen molar-refractivity contribution in [3.8, 4) is 11.3 Å². The maximum atomic E-state index is 12.7. The van der Waals surface area contributed by atoms with Crippen LogP contribution in [0.25, 0.3) is 17.4 Å². The lowest BCUT2D eigenvalue weighted by Gasteiger charge is -2.14. The molecule has 2 aliphatic rings. The molecule has 1 aromatic heterocycles. The normalized spacial score (nSPS) is 16.7. The van der Waals surface area contributed by atoms with Gasteiger partial charge >= 0.3 is 0 Å². The molecule has 152 valence electrons. The first-order valence-electron chi connectivity index (χ1n) is 9.13. The lowest BCUT2D eigenvalue weighted by molar-refractivity contribution is -0.117. The Kier molecular flexibility index (Phi) is 4.23. The summed E-state index contributed by atoms with van der Waals surface area (Å²) < 4.78 is 5.75. The second-order valence-electron chi connectivity index (χ2n) is 6.87. The number of halogens is 1. The van der Waals surface area contributed by atoms with Gasteiger partial charge in [-0.1, -0.05) is 23.7 Å². The van der Waals surface area contributed by atoms with Gasteiger partial charge in [-0.15, -0.1) is 0 Å². The number of anilines is 1. The Balaban J connectivity index is 1.43. The number of benzene rings is 2. The van der Waals surface area contributed by atoms with Gasteiger partial charge in [-0.3, -0.25) is 29.9 Å². The molecular weight excluding hydrogens is 422 g/mol. The largest absolute Gasteiger partial charge is 0.457 e. The molecule has 3 heterocycles. The number of nitrogens with one attached hydrogen (secondary N) is 2. The van der Waals surface area contributed by atoms with Crippen LogP contribution in [0.15, 0.2) is 64.6 Å². The summed E-state index contributed by atoms with van der Waals surface area (Å²) in [4.78, 5) is 48.6. The van der Waals surface area contributed by atoms with Gasteiger partial charge in [0.05, 0.1) is 16.8 Å². The van der Waals surface area contributed by atoms with Crippen LogP contribution < -0.4 is 15.8 Å². The zero-order valence-electron chi connectivity index (χ0n) is 15.6. The summed E-state index contributed by atoms with van der Waals surface area (Å²) in [5, 5.41) is 3.77. The van der Waals surface area contributed by atoms with Crippen molar-refractivity contribution in [1.29, 1.82) is 0 Å². The fourth-order valence-electron chi connectivity index (χ4n) is 3.40. The highest BCUT2D eigenvalue weighted by Gasteiger charge is 2.35. The summed E-state index contributed by atoms with van der Waals surface area (Å²) >= 11 is 5.96. The lowest BCUT2D eigenvalue weighted by atomic mass is 10.0. The zero-order valence-corrected chi connectivity index (χ0v) is 16.4. The number of rotatable bonds is 3. The Morgan fingerprint density at radius 3 is 2.48 bits per heavy atom. The van der Waals surface area contributed by atoms with E-state index in [0.29, 0.717) is 27.6 Å². The quantitative estimate of drug-likeness (QED) is 0.375. The Labute approximate surface area is 180 Å². The van der Waals surface area contributed by atoms with Gasteiger partial charge in [-0.05, 0) is 48.5 Å². The number of carbonyl (C=O) groups excluding carboxylic acids is 4. The van der Waals surface area contributed by atoms with E-state index in [2.05, 4.69) is 10.7 Å². The van der Waals surface area contributed by atoms with Crippen LogP contribution >= 0.6 is 11.6 Å². The van der Waals surface area contributed by atoms with E-state index in [1.807, 2.05) is 0 Å². The van der Waals surface area contributed by atoms with Crippen molar-refractivity contribution in [2.45, 2.75) is 0 Å². The number of nitrogens with zero attached hydrogens (tertiary/aromatic N) is 1. The van der Waals surface area contributed by atoms with E-state index in [1.54, 1.807) is 54.6 Å². The molecule has 31 heavy (non-hydrogen) atoms. The second kappa shape index (κ2) is 6.96. The van der Waals surface area contributed by atoms with Gasteiger partial charge in [0.25, 0.3) is 23.6 Å². The molecule has 3 aromatic rings. The van der Waals surface area contributed by atoms with E-state index in [0.717, 1.165) is 5.01 Å². The molecule has 0 bridgehead atoms. The standard InChI is InChI=1S/C22H12ClN3O5/c23-12-2-1-3-13(9-12)26-22(30)17(21(29)25-26)10-14-5-7-18(31-14)11-4-6-15-16(8-11)20(28)24-19(15)27/h1-10H,(H,25,29)(H,24,27,28)/b17-10-. The topological polar surface area (TPSA) is 109 Å². The summed E-state index contributed by atoms with van der Waals surface area (Å²) in [6.07, 6.45) is 1.34. The van der Waals surface area contributed by atoms with E-state index < -0.39 is 23.6 Å². The Hall–Kier alpha value is -4.17. The van der Waals surface area contributed by atoms with Crippen molar-refractivity contribution in [2.75, 3.05) is 5.01 Å². The average molecular weight is 434 g/mol. The number of amides is 4. The molecule has 0 saturated carbocycles. The summed E-state index contributed by atoms with van der Waals surface area (Å²) in [6.45, 7) is 0. The van der Waals surface area contributed by atoms with Crippen LogP contribution in [0.1, 0.15) is 26.5 Å². The highest BCUT2D eigenvalue weighted by atomic mass is 35.5. The highest BCUT2D eigenvalue weighted by molar-refractivity contribution is 6.33. The van der Waals surface area contributed by atoms with E-state index in [9.17, 15) is 19.2 Å². The number of carbonyl (C=O) groups is 4. The predicted octanol–water partition coefficient (Wildman–Crippen LogP) is 2.95. The van der Waals surface area contributed by atoms with Crippen LogP contribution in [-0.4, -0.2) is 23.6 Å². The first-order chi connectivity index (χ1) is 14.9. The number of hydrazine groups is 1. The number of hydrogen-bond donors (Lipinski definition) is 2. The van der Waals surface area contributed by atoms with Crippen LogP contribution in [0.5, 0.6) is 0 Å². The molecule has 5 rings (SSSR count). The zero-order chi connectivity index (χ0) is 21.7. The molecule has 2 N–H and O–H groups in total. The van der Waals surface area contributed by atoms with Crippen LogP contribution in [0.2, 0.25) is 5.02 Å². The van der Waals surface area contributed by atoms with Gasteiger partial charge in [0.1, 0.15) is 17.1 Å². The van der Waals surface area contributed by atoms with Gasteiger partial charge in [0, 0.05) is 10.6 Å². The third kappa shape index (κ3) is 3.19. The minimum Gasteiger partial charge on any atom is -0.457 e. The minimum atomic E-state index is -0.573. The maximum absolute atomic E-state index is 12.7. The number of imide groups is 1. The first-order valence-corrected chi connectivity index (χ1v) is 9.51. The smallest absolute Gasteiger partial charge is 0.282 e. The van der Waals surface area contributed by atoms with Crippen LogP contribution in [0.4, 0.5) is 5.69 Å². The van der Waals surface area contributed by atoms with Crippen molar-refractivity contribution in [3.05, 3.63) is 82.1 Å². The van der Waals surface area contributed by atoms with E-state index in [-0.39, 0.29) is 16.9 Å². The van der Waals surface area contributed by atoms with E-state index >= 15 is 0 Å².